The molecule has 4 aromatic rings. The summed E-state index contributed by atoms with van der Waals surface area (Å²) in [5.41, 5.74) is 0.990. The molecule has 1 atom stereocenters. The Balaban J connectivity index is 1.28. The number of halogens is 3. The van der Waals surface area contributed by atoms with E-state index in [2.05, 4.69) is 4.72 Å². The Morgan fingerprint density at radius 3 is 2.09 bits per heavy atom. The first-order valence-electron chi connectivity index (χ1n) is 14.9. The number of hydrogen-bond acceptors (Lipinski definition) is 4. The molecule has 0 unspecified atom stereocenters. The Hall–Kier alpha value is -3.53. The fraction of sp³-hybridized carbons (Fsp3) is 0.324. The summed E-state index contributed by atoms with van der Waals surface area (Å²) in [6.45, 7) is 0.591. The quantitative estimate of drug-likeness (QED) is 0.206. The van der Waals surface area contributed by atoms with Crippen LogP contribution in [0, 0.1) is 0 Å². The van der Waals surface area contributed by atoms with Crippen LogP contribution in [0.2, 0.25) is 5.02 Å². The third-order valence-electron chi connectivity index (χ3n) is 8.45. The second-order valence-electron chi connectivity index (χ2n) is 11.5. The second kappa shape index (κ2) is 12.5. The normalized spacial score (nSPS) is 16.8. The van der Waals surface area contributed by atoms with E-state index in [4.69, 9.17) is 16.3 Å². The van der Waals surface area contributed by atoms with E-state index in [-0.39, 0.29) is 11.0 Å². The number of carbonyl (C=O) groups is 1. The van der Waals surface area contributed by atoms with E-state index in [0.717, 1.165) is 36.6 Å². The number of nitrogens with zero attached hydrogens (tertiary/aromatic N) is 1. The topological polar surface area (TPSA) is 75.7 Å². The Morgan fingerprint density at radius 2 is 1.43 bits per heavy atom. The van der Waals surface area contributed by atoms with Crippen molar-refractivity contribution in [1.29, 1.82) is 0 Å². The third kappa shape index (κ3) is 6.46. The van der Waals surface area contributed by atoms with Crippen molar-refractivity contribution in [3.63, 3.8) is 0 Å². The third-order valence-corrected chi connectivity index (χ3v) is 10.1. The van der Waals surface area contributed by atoms with Gasteiger partial charge in [-0.25, -0.2) is 8.42 Å². The van der Waals surface area contributed by atoms with E-state index in [1.54, 1.807) is 42.5 Å². The van der Waals surface area contributed by atoms with Gasteiger partial charge in [0.15, 0.2) is 6.04 Å². The second-order valence-corrected chi connectivity index (χ2v) is 13.6. The molecule has 1 saturated heterocycles. The minimum atomic E-state index is -4.52. The molecule has 4 aromatic carbocycles. The Bertz CT molecular complexity index is 1750. The van der Waals surface area contributed by atoms with Crippen molar-refractivity contribution in [2.45, 2.75) is 61.5 Å². The fourth-order valence-electron chi connectivity index (χ4n) is 5.96. The number of benzene rings is 4. The van der Waals surface area contributed by atoms with Crippen LogP contribution in [0.25, 0.3) is 21.9 Å². The number of sulfonamides is 1. The SMILES string of the molecule is O=C([C@H](NS(=O)(=O)c1ccc2cc(OC3CCCC3)ccc2c1)C(F)(F)c1ccc(-c2ccc(Cl)cc2)cc1)N1CCCC1. The van der Waals surface area contributed by atoms with Gasteiger partial charge in [-0.15, -0.1) is 0 Å². The minimum absolute atomic E-state index is 0.177. The lowest BCUT2D eigenvalue weighted by atomic mass is 9.97. The molecular formula is C34H33ClF2N2O4S. The van der Waals surface area contributed by atoms with Crippen LogP contribution < -0.4 is 9.46 Å². The fourth-order valence-corrected chi connectivity index (χ4v) is 7.31. The van der Waals surface area contributed by atoms with Gasteiger partial charge in [-0.2, -0.15) is 13.5 Å². The highest BCUT2D eigenvalue weighted by Crippen LogP contribution is 2.36. The average Bonchev–Trinajstić information content (AvgIpc) is 3.75. The highest BCUT2D eigenvalue weighted by atomic mass is 35.5. The number of hydrogen-bond donors (Lipinski definition) is 1. The molecule has 0 bridgehead atoms. The van der Waals surface area contributed by atoms with Gasteiger partial charge in [-0.3, -0.25) is 4.79 Å². The highest BCUT2D eigenvalue weighted by molar-refractivity contribution is 7.89. The first-order chi connectivity index (χ1) is 21.1. The maximum Gasteiger partial charge on any atom is 0.298 e. The summed E-state index contributed by atoms with van der Waals surface area (Å²) in [5, 5.41) is 1.92. The monoisotopic (exact) mass is 638 g/mol. The summed E-state index contributed by atoms with van der Waals surface area (Å²) in [6.07, 6.45) is 5.82. The van der Waals surface area contributed by atoms with Crippen molar-refractivity contribution >= 4 is 38.3 Å². The molecule has 230 valence electrons. The zero-order valence-electron chi connectivity index (χ0n) is 24.0. The van der Waals surface area contributed by atoms with Gasteiger partial charge in [-0.05, 0) is 96.8 Å². The molecule has 0 aromatic heterocycles. The number of amides is 1. The van der Waals surface area contributed by atoms with Gasteiger partial charge in [-0.1, -0.05) is 60.1 Å². The number of rotatable bonds is 9. The standard InChI is InChI=1S/C34H33ClF2N2O4S/c35-28-15-9-24(10-16-28)23-7-13-27(14-8-23)34(36,37)32(33(40)39-19-3-4-20-39)38-44(41,42)31-18-12-25-21-30(17-11-26(25)22-31)43-29-5-1-2-6-29/h7-18,21-22,29,32,38H,1-6,19-20H2/t32-/m0/s1. The molecule has 1 N–H and O–H groups in total. The summed E-state index contributed by atoms with van der Waals surface area (Å²) >= 11 is 5.97. The predicted octanol–water partition coefficient (Wildman–Crippen LogP) is 7.54. The number of alkyl halides is 2. The summed E-state index contributed by atoms with van der Waals surface area (Å²) in [5.74, 6) is -4.09. The minimum Gasteiger partial charge on any atom is -0.490 e. The zero-order valence-corrected chi connectivity index (χ0v) is 25.6. The molecule has 2 fully saturated rings. The summed E-state index contributed by atoms with van der Waals surface area (Å²) in [6, 6.07) is 19.9. The summed E-state index contributed by atoms with van der Waals surface area (Å²) in [4.78, 5) is 14.6. The van der Waals surface area contributed by atoms with Crippen molar-refractivity contribution < 1.29 is 26.7 Å². The van der Waals surface area contributed by atoms with Crippen molar-refractivity contribution in [2.24, 2.45) is 0 Å². The number of carbonyl (C=O) groups excluding carboxylic acids is 1. The van der Waals surface area contributed by atoms with Crippen LogP contribution in [0.1, 0.15) is 44.1 Å². The molecule has 0 radical (unpaired) electrons. The largest absolute Gasteiger partial charge is 0.490 e. The van der Waals surface area contributed by atoms with Crippen LogP contribution in [0.3, 0.4) is 0 Å². The average molecular weight is 639 g/mol. The molecule has 6 nitrogen and oxygen atoms in total. The molecule has 10 heteroatoms. The molecule has 6 rings (SSSR count). The van der Waals surface area contributed by atoms with Gasteiger partial charge in [0.2, 0.25) is 15.9 Å². The van der Waals surface area contributed by atoms with Gasteiger partial charge in [0.05, 0.1) is 11.0 Å². The van der Waals surface area contributed by atoms with Crippen LogP contribution in [-0.2, 0) is 20.7 Å². The first kappa shape index (κ1) is 30.5. The van der Waals surface area contributed by atoms with Crippen molar-refractivity contribution in [3.8, 4) is 16.9 Å². The maximum absolute atomic E-state index is 16.2. The summed E-state index contributed by atoms with van der Waals surface area (Å²) in [7, 11) is -4.52. The van der Waals surface area contributed by atoms with Crippen molar-refractivity contribution in [2.75, 3.05) is 13.1 Å². The van der Waals surface area contributed by atoms with Gasteiger partial charge < -0.3 is 9.64 Å². The van der Waals surface area contributed by atoms with Gasteiger partial charge >= 0.3 is 0 Å². The Morgan fingerprint density at radius 1 is 0.841 bits per heavy atom. The van der Waals surface area contributed by atoms with Crippen LogP contribution in [0.4, 0.5) is 8.78 Å². The number of fused-ring (bicyclic) bond motifs is 1. The Kier molecular flexibility index (Phi) is 8.64. The summed E-state index contributed by atoms with van der Waals surface area (Å²) < 4.78 is 67.8. The maximum atomic E-state index is 16.2. The molecule has 0 spiro atoms. The van der Waals surface area contributed by atoms with Crippen LogP contribution in [-0.4, -0.2) is 44.5 Å². The van der Waals surface area contributed by atoms with Crippen LogP contribution in [0.5, 0.6) is 5.75 Å². The van der Waals surface area contributed by atoms with Crippen LogP contribution >= 0.6 is 11.6 Å². The Labute approximate surface area is 261 Å². The van der Waals surface area contributed by atoms with E-state index in [9.17, 15) is 13.2 Å². The van der Waals surface area contributed by atoms with Crippen molar-refractivity contribution in [1.82, 2.24) is 9.62 Å². The molecule has 1 saturated carbocycles. The van der Waals surface area contributed by atoms with E-state index in [1.165, 1.54) is 41.3 Å². The van der Waals surface area contributed by atoms with Crippen LogP contribution in [0.15, 0.2) is 89.8 Å². The van der Waals surface area contributed by atoms with E-state index < -0.39 is 33.5 Å². The molecule has 1 aliphatic heterocycles. The smallest absolute Gasteiger partial charge is 0.298 e. The van der Waals surface area contributed by atoms with E-state index in [1.807, 2.05) is 6.07 Å². The number of ether oxygens (including phenoxy) is 1. The van der Waals surface area contributed by atoms with E-state index >= 15 is 8.78 Å². The lowest BCUT2D eigenvalue weighted by Gasteiger charge is -2.30. The number of nitrogens with one attached hydrogen (secondary N) is 1. The molecule has 2 aliphatic rings. The zero-order chi connectivity index (χ0) is 30.9. The highest BCUT2D eigenvalue weighted by Gasteiger charge is 2.50. The first-order valence-corrected chi connectivity index (χ1v) is 16.7. The molecule has 1 amide bonds. The molecule has 1 heterocycles. The van der Waals surface area contributed by atoms with Gasteiger partial charge in [0.1, 0.15) is 5.75 Å². The van der Waals surface area contributed by atoms with Gasteiger partial charge in [0, 0.05) is 23.7 Å². The molecule has 44 heavy (non-hydrogen) atoms. The van der Waals surface area contributed by atoms with Gasteiger partial charge in [0.25, 0.3) is 5.92 Å². The van der Waals surface area contributed by atoms with E-state index in [0.29, 0.717) is 47.7 Å². The molecule has 1 aliphatic carbocycles. The predicted molar refractivity (Wildman–Crippen MR) is 168 cm³/mol. The lowest BCUT2D eigenvalue weighted by Crippen LogP contribution is -2.55. The molecular weight excluding hydrogens is 606 g/mol. The lowest BCUT2D eigenvalue weighted by molar-refractivity contribution is -0.143. The van der Waals surface area contributed by atoms with Crippen molar-refractivity contribution in [3.05, 3.63) is 95.5 Å². The number of likely N-dealkylation sites (tertiary alicyclic amines) is 1.